The summed E-state index contributed by atoms with van der Waals surface area (Å²) in [5, 5.41) is 10.5. The summed E-state index contributed by atoms with van der Waals surface area (Å²) in [6.07, 6.45) is 49.1. The van der Waals surface area contributed by atoms with E-state index in [4.69, 9.17) is 37.0 Å². The largest absolute Gasteiger partial charge is 0.472 e. The third-order valence-corrected chi connectivity index (χ3v) is 17.9. The molecular weight excluding hydrogens is 1160 g/mol. The Labute approximate surface area is 537 Å². The van der Waals surface area contributed by atoms with E-state index in [1.807, 2.05) is 0 Å². The van der Waals surface area contributed by atoms with Crippen molar-refractivity contribution in [3.8, 4) is 0 Å². The van der Waals surface area contributed by atoms with Crippen molar-refractivity contribution in [2.75, 3.05) is 39.6 Å². The van der Waals surface area contributed by atoms with Gasteiger partial charge in [0.15, 0.2) is 12.2 Å². The molecule has 0 aromatic rings. The van der Waals surface area contributed by atoms with Gasteiger partial charge in [0.25, 0.3) is 0 Å². The monoisotopic (exact) mass is 1300 g/mol. The first-order chi connectivity index (χ1) is 42.5. The van der Waals surface area contributed by atoms with Gasteiger partial charge in [-0.3, -0.25) is 37.3 Å². The van der Waals surface area contributed by atoms with Gasteiger partial charge in [0.1, 0.15) is 19.3 Å². The van der Waals surface area contributed by atoms with Crippen molar-refractivity contribution in [1.29, 1.82) is 0 Å². The summed E-state index contributed by atoms with van der Waals surface area (Å²) in [4.78, 5) is 72.2. The molecule has 5 atom stereocenters. The van der Waals surface area contributed by atoms with Gasteiger partial charge in [0.2, 0.25) is 0 Å². The highest BCUT2D eigenvalue weighted by molar-refractivity contribution is 7.47. The highest BCUT2D eigenvalue weighted by Crippen LogP contribution is 2.45. The summed E-state index contributed by atoms with van der Waals surface area (Å²) in [7, 11) is -9.89. The fourth-order valence-corrected chi connectivity index (χ4v) is 12.0. The van der Waals surface area contributed by atoms with Crippen LogP contribution < -0.4 is 0 Å². The molecule has 0 fully saturated rings. The maximum atomic E-state index is 13.0. The molecule has 0 aromatic carbocycles. The number of carbonyl (C=O) groups is 4. The zero-order chi connectivity index (χ0) is 64.9. The predicted octanol–water partition coefficient (Wildman–Crippen LogP) is 19.7. The number of unbranched alkanes of at least 4 members (excludes halogenated alkanes) is 41. The van der Waals surface area contributed by atoms with Crippen LogP contribution in [0.15, 0.2) is 0 Å². The Kier molecular flexibility index (Phi) is 61.1. The lowest BCUT2D eigenvalue weighted by Gasteiger charge is -2.21. The zero-order valence-corrected chi connectivity index (χ0v) is 58.6. The maximum absolute atomic E-state index is 13.0. The van der Waals surface area contributed by atoms with Gasteiger partial charge in [0.05, 0.1) is 26.4 Å². The molecule has 0 aliphatic carbocycles. The van der Waals surface area contributed by atoms with E-state index in [2.05, 4.69) is 34.6 Å². The van der Waals surface area contributed by atoms with E-state index in [-0.39, 0.29) is 25.7 Å². The Morgan fingerprint density at radius 2 is 0.523 bits per heavy atom. The lowest BCUT2D eigenvalue weighted by molar-refractivity contribution is -0.161. The van der Waals surface area contributed by atoms with Crippen molar-refractivity contribution in [2.24, 2.45) is 5.92 Å². The van der Waals surface area contributed by atoms with Crippen LogP contribution in [0.3, 0.4) is 0 Å². The lowest BCUT2D eigenvalue weighted by Crippen LogP contribution is -2.30. The van der Waals surface area contributed by atoms with Crippen molar-refractivity contribution in [3.63, 3.8) is 0 Å². The van der Waals surface area contributed by atoms with Gasteiger partial charge < -0.3 is 33.8 Å². The second kappa shape index (κ2) is 62.5. The summed E-state index contributed by atoms with van der Waals surface area (Å²) in [5.41, 5.74) is 0. The molecule has 17 nitrogen and oxygen atoms in total. The van der Waals surface area contributed by atoms with Crippen LogP contribution in [0.1, 0.15) is 356 Å². The third kappa shape index (κ3) is 62.8. The molecule has 0 amide bonds. The maximum Gasteiger partial charge on any atom is 0.472 e. The van der Waals surface area contributed by atoms with Gasteiger partial charge in [-0.2, -0.15) is 0 Å². The average molecular weight is 1300 g/mol. The van der Waals surface area contributed by atoms with Crippen LogP contribution >= 0.6 is 15.6 Å². The lowest BCUT2D eigenvalue weighted by atomic mass is 10.0. The van der Waals surface area contributed by atoms with E-state index in [0.29, 0.717) is 31.6 Å². The van der Waals surface area contributed by atoms with E-state index in [1.54, 1.807) is 0 Å². The van der Waals surface area contributed by atoms with E-state index in [1.165, 1.54) is 161 Å². The number of hydrogen-bond donors (Lipinski definition) is 3. The van der Waals surface area contributed by atoms with Gasteiger partial charge in [0, 0.05) is 25.7 Å². The molecule has 0 bridgehead atoms. The number of hydrogen-bond acceptors (Lipinski definition) is 15. The summed E-state index contributed by atoms with van der Waals surface area (Å²) < 4.78 is 68.0. The Morgan fingerprint density at radius 1 is 0.307 bits per heavy atom. The van der Waals surface area contributed by atoms with E-state index in [9.17, 15) is 43.2 Å². The first-order valence-corrected chi connectivity index (χ1v) is 39.1. The molecule has 0 saturated carbocycles. The van der Waals surface area contributed by atoms with Crippen LogP contribution in [0.4, 0.5) is 0 Å². The minimum Gasteiger partial charge on any atom is -0.462 e. The van der Waals surface area contributed by atoms with Crippen molar-refractivity contribution >= 4 is 39.5 Å². The van der Waals surface area contributed by atoms with E-state index < -0.39 is 97.5 Å². The second-order valence-electron chi connectivity index (χ2n) is 25.4. The van der Waals surface area contributed by atoms with Gasteiger partial charge in [-0.25, -0.2) is 9.13 Å². The minimum atomic E-state index is -4.95. The van der Waals surface area contributed by atoms with Crippen molar-refractivity contribution < 1.29 is 80.2 Å². The number of aliphatic hydroxyl groups is 1. The normalized spacial score (nSPS) is 14.1. The van der Waals surface area contributed by atoms with Gasteiger partial charge in [-0.1, -0.05) is 304 Å². The van der Waals surface area contributed by atoms with Gasteiger partial charge in [-0.05, 0) is 31.6 Å². The molecule has 0 radical (unpaired) electrons. The highest BCUT2D eigenvalue weighted by atomic mass is 31.2. The highest BCUT2D eigenvalue weighted by Gasteiger charge is 2.30. The van der Waals surface area contributed by atoms with Crippen LogP contribution in [0.2, 0.25) is 0 Å². The smallest absolute Gasteiger partial charge is 0.462 e. The van der Waals surface area contributed by atoms with Crippen LogP contribution in [0, 0.1) is 5.92 Å². The van der Waals surface area contributed by atoms with E-state index >= 15 is 0 Å². The molecule has 0 spiro atoms. The topological polar surface area (TPSA) is 237 Å². The number of rotatable bonds is 69. The Balaban J connectivity index is 5.08. The molecular formula is C69H134O17P2. The van der Waals surface area contributed by atoms with Crippen molar-refractivity contribution in [3.05, 3.63) is 0 Å². The second-order valence-corrected chi connectivity index (χ2v) is 28.3. The fourth-order valence-electron chi connectivity index (χ4n) is 10.5. The summed E-state index contributed by atoms with van der Waals surface area (Å²) in [5.74, 6) is -1.43. The number of phosphoric acid groups is 2. The Bertz CT molecular complexity index is 1700. The first-order valence-electron chi connectivity index (χ1n) is 36.1. The number of ether oxygens (including phenoxy) is 4. The number of carbonyl (C=O) groups excluding carboxylic acids is 4. The number of aliphatic hydroxyl groups excluding tert-OH is 1. The Hall–Kier alpha value is -1.94. The average Bonchev–Trinajstić information content (AvgIpc) is 3.69. The quantitative estimate of drug-likeness (QED) is 0.0222. The van der Waals surface area contributed by atoms with Crippen LogP contribution in [0.25, 0.3) is 0 Å². The van der Waals surface area contributed by atoms with Crippen LogP contribution in [0.5, 0.6) is 0 Å². The predicted molar refractivity (Wildman–Crippen MR) is 354 cm³/mol. The molecule has 2 unspecified atom stereocenters. The van der Waals surface area contributed by atoms with Crippen LogP contribution in [-0.2, 0) is 65.4 Å². The van der Waals surface area contributed by atoms with E-state index in [0.717, 1.165) is 109 Å². The van der Waals surface area contributed by atoms with Crippen molar-refractivity contribution in [1.82, 2.24) is 0 Å². The SMILES string of the molecule is CCCCCCCCCCCCCCCCCCCCCCCCC(=O)O[C@H](COC(=O)CCCCCCCCCC(C)C)COP(=O)(O)OC[C@@H](O)COP(=O)(O)OC[C@@H](COC(=O)CCCCCCCCC)OC(=O)CCCCCCCCCCC. The molecule has 0 rings (SSSR count). The number of phosphoric ester groups is 2. The zero-order valence-electron chi connectivity index (χ0n) is 56.9. The van der Waals surface area contributed by atoms with Gasteiger partial charge >= 0.3 is 39.5 Å². The summed E-state index contributed by atoms with van der Waals surface area (Å²) >= 11 is 0. The van der Waals surface area contributed by atoms with Crippen LogP contribution in [-0.4, -0.2) is 96.7 Å². The molecule has 0 saturated heterocycles. The summed E-state index contributed by atoms with van der Waals surface area (Å²) in [6.45, 7) is 7.11. The molecule has 0 aromatic heterocycles. The number of esters is 4. The van der Waals surface area contributed by atoms with Gasteiger partial charge in [-0.15, -0.1) is 0 Å². The molecule has 3 N–H and O–H groups in total. The Morgan fingerprint density at radius 3 is 0.773 bits per heavy atom. The van der Waals surface area contributed by atoms with Crippen molar-refractivity contribution in [2.45, 2.75) is 374 Å². The standard InChI is InChI=1S/C69H134O17P2/c1-6-9-12-15-18-20-21-22-23-24-25-26-27-28-29-30-31-32-34-39-45-50-55-69(74)86-65(59-80-67(72)53-48-43-40-35-37-41-46-51-62(4)5)61-84-88(77,78)82-57-63(70)56-81-87(75,76)83-60-64(58-79-66(71)52-47-42-36-17-14-11-8-3)85-68(73)54-49-44-38-33-19-16-13-10-7-2/h62-65,70H,6-61H2,1-5H3,(H,75,76)(H,77,78)/t63-,64+,65+/m0/s1. The molecule has 0 aliphatic rings. The molecule has 19 heteroatoms. The molecule has 88 heavy (non-hydrogen) atoms. The molecule has 522 valence electrons. The third-order valence-electron chi connectivity index (χ3n) is 16.0. The minimum absolute atomic E-state index is 0.105. The first kappa shape index (κ1) is 86.1. The summed E-state index contributed by atoms with van der Waals surface area (Å²) in [6, 6.07) is 0. The molecule has 0 heterocycles. The molecule has 0 aliphatic heterocycles. The fraction of sp³-hybridized carbons (Fsp3) is 0.942.